The Morgan fingerprint density at radius 2 is 2.00 bits per heavy atom. The van der Waals surface area contributed by atoms with Gasteiger partial charge in [-0.15, -0.1) is 0 Å². The third-order valence-electron chi connectivity index (χ3n) is 3.17. The summed E-state index contributed by atoms with van der Waals surface area (Å²) in [6, 6.07) is 0. The molecule has 1 saturated carbocycles. The minimum absolute atomic E-state index is 0.221. The van der Waals surface area contributed by atoms with E-state index in [2.05, 4.69) is 0 Å². The topological polar surface area (TPSA) is 29.5 Å². The van der Waals surface area contributed by atoms with E-state index in [1.807, 2.05) is 0 Å². The zero-order chi connectivity index (χ0) is 10.5. The summed E-state index contributed by atoms with van der Waals surface area (Å²) in [7, 11) is 0. The Balaban J connectivity index is 1.71. The Hall–Kier alpha value is -0.990. The van der Waals surface area contributed by atoms with Gasteiger partial charge in [-0.3, -0.25) is 4.79 Å². The Labute approximate surface area is 91.1 Å². The lowest BCUT2D eigenvalue weighted by Crippen LogP contribution is -2.18. The van der Waals surface area contributed by atoms with E-state index in [0.29, 0.717) is 12.5 Å². The van der Waals surface area contributed by atoms with Crippen LogP contribution < -0.4 is 0 Å². The Kier molecular flexibility index (Phi) is 3.64. The summed E-state index contributed by atoms with van der Waals surface area (Å²) in [4.78, 5) is 13.0. The number of hydrogen-bond acceptors (Lipinski definition) is 2. The third-order valence-corrected chi connectivity index (χ3v) is 3.17. The van der Waals surface area contributed by atoms with Gasteiger partial charge in [0.15, 0.2) is 0 Å². The molecule has 0 aromatic rings. The molecule has 1 aliphatic heterocycles. The molecule has 2 rings (SSSR count). The number of amides is 1. The van der Waals surface area contributed by atoms with Crippen molar-refractivity contribution >= 4 is 5.91 Å². The van der Waals surface area contributed by atoms with Crippen molar-refractivity contribution in [3.05, 3.63) is 12.5 Å². The quantitative estimate of drug-likeness (QED) is 0.668. The standard InChI is InChI=1S/C12H19NO2/c14-12-7-4-8-13(12)9-10-15-11-5-2-1-3-6-11/h9-11H,1-8H2/b10-9+. The van der Waals surface area contributed by atoms with Gasteiger partial charge < -0.3 is 9.64 Å². The monoisotopic (exact) mass is 209 g/mol. The van der Waals surface area contributed by atoms with Crippen LogP contribution >= 0.6 is 0 Å². The van der Waals surface area contributed by atoms with Crippen LogP contribution in [0, 0.1) is 0 Å². The van der Waals surface area contributed by atoms with E-state index in [4.69, 9.17) is 4.74 Å². The molecule has 1 amide bonds. The smallest absolute Gasteiger partial charge is 0.226 e. The van der Waals surface area contributed by atoms with Crippen molar-refractivity contribution in [1.29, 1.82) is 0 Å². The number of carbonyl (C=O) groups is 1. The number of ether oxygens (including phenoxy) is 1. The van der Waals surface area contributed by atoms with E-state index in [9.17, 15) is 4.79 Å². The zero-order valence-corrected chi connectivity index (χ0v) is 9.15. The van der Waals surface area contributed by atoms with Crippen LogP contribution in [-0.4, -0.2) is 23.5 Å². The van der Waals surface area contributed by atoms with Crippen LogP contribution in [0.3, 0.4) is 0 Å². The molecule has 0 unspecified atom stereocenters. The van der Waals surface area contributed by atoms with Crippen molar-refractivity contribution in [2.45, 2.75) is 51.0 Å². The van der Waals surface area contributed by atoms with Crippen molar-refractivity contribution in [2.75, 3.05) is 6.54 Å². The second-order valence-electron chi connectivity index (χ2n) is 4.37. The molecule has 15 heavy (non-hydrogen) atoms. The van der Waals surface area contributed by atoms with Gasteiger partial charge in [-0.25, -0.2) is 0 Å². The molecule has 0 radical (unpaired) electrons. The second kappa shape index (κ2) is 5.19. The number of carbonyl (C=O) groups excluding carboxylic acids is 1. The molecule has 0 spiro atoms. The van der Waals surface area contributed by atoms with Crippen molar-refractivity contribution in [1.82, 2.24) is 4.90 Å². The molecule has 3 nitrogen and oxygen atoms in total. The molecule has 2 aliphatic rings. The maximum absolute atomic E-state index is 11.3. The summed E-state index contributed by atoms with van der Waals surface area (Å²) in [6.07, 6.45) is 11.8. The molecule has 1 heterocycles. The van der Waals surface area contributed by atoms with E-state index >= 15 is 0 Å². The molecule has 1 saturated heterocycles. The van der Waals surface area contributed by atoms with Gasteiger partial charge in [-0.2, -0.15) is 0 Å². The second-order valence-corrected chi connectivity index (χ2v) is 4.37. The highest BCUT2D eigenvalue weighted by Crippen LogP contribution is 2.20. The van der Waals surface area contributed by atoms with Gasteiger partial charge in [0, 0.05) is 19.2 Å². The van der Waals surface area contributed by atoms with Crippen LogP contribution in [0.4, 0.5) is 0 Å². The molecule has 3 heteroatoms. The maximum atomic E-state index is 11.3. The summed E-state index contributed by atoms with van der Waals surface area (Å²) in [5, 5.41) is 0. The summed E-state index contributed by atoms with van der Waals surface area (Å²) < 4.78 is 5.62. The average molecular weight is 209 g/mol. The van der Waals surface area contributed by atoms with Crippen LogP contribution in [0.1, 0.15) is 44.9 Å². The molecule has 84 valence electrons. The highest BCUT2D eigenvalue weighted by atomic mass is 16.5. The molecule has 0 bridgehead atoms. The van der Waals surface area contributed by atoms with Crippen LogP contribution in [0.15, 0.2) is 12.5 Å². The van der Waals surface area contributed by atoms with E-state index in [1.54, 1.807) is 17.4 Å². The largest absolute Gasteiger partial charge is 0.497 e. The minimum Gasteiger partial charge on any atom is -0.497 e. The first-order chi connectivity index (χ1) is 7.36. The normalized spacial score (nSPS) is 24.0. The van der Waals surface area contributed by atoms with E-state index < -0.39 is 0 Å². The number of hydrogen-bond donors (Lipinski definition) is 0. The zero-order valence-electron chi connectivity index (χ0n) is 9.15. The summed E-state index contributed by atoms with van der Waals surface area (Å²) in [5.41, 5.74) is 0. The Morgan fingerprint density at radius 3 is 2.67 bits per heavy atom. The van der Waals surface area contributed by atoms with Crippen molar-refractivity contribution in [3.8, 4) is 0 Å². The highest BCUT2D eigenvalue weighted by Gasteiger charge is 2.18. The lowest BCUT2D eigenvalue weighted by molar-refractivity contribution is -0.125. The van der Waals surface area contributed by atoms with Crippen LogP contribution in [-0.2, 0) is 9.53 Å². The van der Waals surface area contributed by atoms with Crippen molar-refractivity contribution in [3.63, 3.8) is 0 Å². The molecule has 0 aromatic heterocycles. The van der Waals surface area contributed by atoms with Crippen molar-refractivity contribution < 1.29 is 9.53 Å². The average Bonchev–Trinajstić information content (AvgIpc) is 2.66. The fraction of sp³-hybridized carbons (Fsp3) is 0.750. The highest BCUT2D eigenvalue weighted by molar-refractivity contribution is 5.79. The van der Waals surface area contributed by atoms with E-state index in [-0.39, 0.29) is 5.91 Å². The minimum atomic E-state index is 0.221. The lowest BCUT2D eigenvalue weighted by Gasteiger charge is -2.21. The van der Waals surface area contributed by atoms with Crippen molar-refractivity contribution in [2.24, 2.45) is 0 Å². The summed E-state index contributed by atoms with van der Waals surface area (Å²) in [6.45, 7) is 0.851. The molecule has 2 fully saturated rings. The van der Waals surface area contributed by atoms with Crippen LogP contribution in [0.2, 0.25) is 0 Å². The van der Waals surface area contributed by atoms with Gasteiger partial charge >= 0.3 is 0 Å². The van der Waals surface area contributed by atoms with Gasteiger partial charge in [-0.1, -0.05) is 6.42 Å². The Bertz CT molecular complexity index is 244. The summed E-state index contributed by atoms with van der Waals surface area (Å²) in [5.74, 6) is 0.221. The van der Waals surface area contributed by atoms with Gasteiger partial charge in [0.1, 0.15) is 0 Å². The molecule has 0 atom stereocenters. The predicted molar refractivity (Wildman–Crippen MR) is 58.0 cm³/mol. The molecule has 0 aromatic carbocycles. The first-order valence-corrected chi connectivity index (χ1v) is 5.98. The van der Waals surface area contributed by atoms with Crippen LogP contribution in [0.25, 0.3) is 0 Å². The van der Waals surface area contributed by atoms with Gasteiger partial charge in [-0.05, 0) is 32.1 Å². The SMILES string of the molecule is O=C1CCCN1/C=C/OC1CCCCC1. The van der Waals surface area contributed by atoms with Gasteiger partial charge in [0.05, 0.1) is 12.4 Å². The van der Waals surface area contributed by atoms with Gasteiger partial charge in [0.2, 0.25) is 5.91 Å². The fourth-order valence-corrected chi connectivity index (χ4v) is 2.25. The van der Waals surface area contributed by atoms with E-state index in [1.165, 1.54) is 19.3 Å². The van der Waals surface area contributed by atoms with E-state index in [0.717, 1.165) is 25.8 Å². The number of rotatable bonds is 3. The first kappa shape index (κ1) is 10.5. The first-order valence-electron chi connectivity index (χ1n) is 5.98. The predicted octanol–water partition coefficient (Wildman–Crippen LogP) is 2.43. The molecular formula is C12H19NO2. The Morgan fingerprint density at radius 1 is 1.20 bits per heavy atom. The maximum Gasteiger partial charge on any atom is 0.226 e. The third kappa shape index (κ3) is 2.98. The molecule has 0 N–H and O–H groups in total. The van der Waals surface area contributed by atoms with Gasteiger partial charge in [0.25, 0.3) is 0 Å². The molecular weight excluding hydrogens is 190 g/mol. The molecule has 1 aliphatic carbocycles. The fourth-order valence-electron chi connectivity index (χ4n) is 2.25. The number of nitrogens with zero attached hydrogens (tertiary/aromatic N) is 1. The number of likely N-dealkylation sites (tertiary alicyclic amines) is 1. The summed E-state index contributed by atoms with van der Waals surface area (Å²) >= 11 is 0. The van der Waals surface area contributed by atoms with Crippen LogP contribution in [0.5, 0.6) is 0 Å². The lowest BCUT2D eigenvalue weighted by atomic mass is 9.98.